The quantitative estimate of drug-likeness (QED) is 0.869. The highest BCUT2D eigenvalue weighted by atomic mass is 79.9. The molecule has 0 amide bonds. The van der Waals surface area contributed by atoms with Crippen LogP contribution in [0.2, 0.25) is 0 Å². The lowest BCUT2D eigenvalue weighted by Gasteiger charge is -1.96. The van der Waals surface area contributed by atoms with E-state index in [4.69, 9.17) is 0 Å². The molecule has 0 bridgehead atoms. The van der Waals surface area contributed by atoms with Gasteiger partial charge in [0.25, 0.3) is 0 Å². The first-order chi connectivity index (χ1) is 7.70. The summed E-state index contributed by atoms with van der Waals surface area (Å²) in [4.78, 5) is 3.91. The molecule has 0 aliphatic carbocycles. The van der Waals surface area contributed by atoms with E-state index >= 15 is 0 Å². The molecule has 0 fully saturated rings. The highest BCUT2D eigenvalue weighted by molar-refractivity contribution is 9.10. The number of alkyl halides is 1. The van der Waals surface area contributed by atoms with Crippen molar-refractivity contribution in [3.8, 4) is 11.4 Å². The van der Waals surface area contributed by atoms with E-state index in [1.165, 1.54) is 16.8 Å². The van der Waals surface area contributed by atoms with Crippen LogP contribution in [0, 0.1) is 5.82 Å². The normalized spacial score (nSPS) is 10.7. The van der Waals surface area contributed by atoms with Crippen molar-refractivity contribution in [3.05, 3.63) is 34.8 Å². The largest absolute Gasteiger partial charge is 0.268 e. The Morgan fingerprint density at radius 3 is 2.81 bits per heavy atom. The fraction of sp³-hybridized carbons (Fsp3) is 0.200. The lowest BCUT2D eigenvalue weighted by Crippen LogP contribution is -2.00. The fourth-order valence-electron chi connectivity index (χ4n) is 1.29. The van der Waals surface area contributed by atoms with Crippen molar-refractivity contribution >= 4 is 15.9 Å². The van der Waals surface area contributed by atoms with Gasteiger partial charge in [0, 0.05) is 6.20 Å². The Labute approximate surface area is 99.2 Å². The zero-order chi connectivity index (χ0) is 11.5. The van der Waals surface area contributed by atoms with E-state index in [1.54, 1.807) is 6.20 Å². The average molecular weight is 288 g/mol. The summed E-state index contributed by atoms with van der Waals surface area (Å²) in [5.74, 6) is -0.400. The molecule has 0 aromatic carbocycles. The van der Waals surface area contributed by atoms with Gasteiger partial charge in [-0.05, 0) is 28.1 Å². The van der Waals surface area contributed by atoms with Crippen LogP contribution in [0.4, 0.5) is 8.78 Å². The minimum Gasteiger partial charge on any atom is -0.268 e. The molecule has 0 saturated carbocycles. The van der Waals surface area contributed by atoms with Crippen LogP contribution >= 0.6 is 15.9 Å². The van der Waals surface area contributed by atoms with Crippen molar-refractivity contribution < 1.29 is 8.78 Å². The Kier molecular flexibility index (Phi) is 3.28. The molecule has 0 atom stereocenters. The molecule has 6 heteroatoms. The van der Waals surface area contributed by atoms with Gasteiger partial charge in [0.05, 0.1) is 22.9 Å². The third kappa shape index (κ3) is 2.27. The Hall–Kier alpha value is -1.30. The summed E-state index contributed by atoms with van der Waals surface area (Å²) in [5, 5.41) is 4.14. The second-order valence-electron chi connectivity index (χ2n) is 3.14. The van der Waals surface area contributed by atoms with Crippen LogP contribution in [-0.4, -0.2) is 21.4 Å². The van der Waals surface area contributed by atoms with Gasteiger partial charge in [-0.1, -0.05) is 0 Å². The van der Waals surface area contributed by atoms with Gasteiger partial charge in [-0.15, -0.1) is 0 Å². The number of nitrogens with zero attached hydrogens (tertiary/aromatic N) is 3. The summed E-state index contributed by atoms with van der Waals surface area (Å²) in [7, 11) is 0. The molecule has 0 N–H and O–H groups in total. The zero-order valence-electron chi connectivity index (χ0n) is 8.20. The average Bonchev–Trinajstić information content (AvgIpc) is 2.61. The van der Waals surface area contributed by atoms with Gasteiger partial charge in [-0.3, -0.25) is 9.67 Å². The number of pyridine rings is 1. The van der Waals surface area contributed by atoms with Crippen LogP contribution in [0.5, 0.6) is 0 Å². The van der Waals surface area contributed by atoms with Crippen molar-refractivity contribution in [2.75, 3.05) is 6.67 Å². The molecule has 84 valence electrons. The summed E-state index contributed by atoms with van der Waals surface area (Å²) in [5.41, 5.74) is 1.12. The van der Waals surface area contributed by atoms with Crippen molar-refractivity contribution in [3.63, 3.8) is 0 Å². The zero-order valence-corrected chi connectivity index (χ0v) is 9.79. The summed E-state index contributed by atoms with van der Waals surface area (Å²) in [6, 6.07) is 2.84. The minimum atomic E-state index is -0.482. The van der Waals surface area contributed by atoms with Crippen LogP contribution in [0.15, 0.2) is 29.0 Å². The first-order valence-electron chi connectivity index (χ1n) is 4.61. The molecule has 2 aromatic rings. The molecule has 0 unspecified atom stereocenters. The van der Waals surface area contributed by atoms with Crippen molar-refractivity contribution in [2.24, 2.45) is 0 Å². The van der Waals surface area contributed by atoms with Crippen molar-refractivity contribution in [2.45, 2.75) is 6.54 Å². The number of rotatable bonds is 3. The maximum absolute atomic E-state index is 12.7. The van der Waals surface area contributed by atoms with E-state index in [2.05, 4.69) is 26.0 Å². The van der Waals surface area contributed by atoms with E-state index in [0.29, 0.717) is 15.9 Å². The Balaban J connectivity index is 2.36. The van der Waals surface area contributed by atoms with Gasteiger partial charge in [0.2, 0.25) is 0 Å². The van der Waals surface area contributed by atoms with E-state index in [0.717, 1.165) is 6.20 Å². The molecule has 0 spiro atoms. The molecular weight excluding hydrogens is 280 g/mol. The smallest absolute Gasteiger partial charge is 0.141 e. The summed E-state index contributed by atoms with van der Waals surface area (Å²) in [6.07, 6.45) is 2.79. The van der Waals surface area contributed by atoms with Crippen LogP contribution in [0.1, 0.15) is 0 Å². The van der Waals surface area contributed by atoms with E-state index in [-0.39, 0.29) is 6.54 Å². The highest BCUT2D eigenvalue weighted by Crippen LogP contribution is 2.24. The fourth-order valence-corrected chi connectivity index (χ4v) is 1.81. The van der Waals surface area contributed by atoms with Gasteiger partial charge in [0.1, 0.15) is 18.2 Å². The van der Waals surface area contributed by atoms with Crippen LogP contribution in [-0.2, 0) is 6.54 Å². The number of hydrogen-bond acceptors (Lipinski definition) is 2. The molecule has 0 radical (unpaired) electrons. The highest BCUT2D eigenvalue weighted by Gasteiger charge is 2.10. The first-order valence-corrected chi connectivity index (χ1v) is 5.41. The van der Waals surface area contributed by atoms with Crippen LogP contribution < -0.4 is 0 Å². The van der Waals surface area contributed by atoms with Gasteiger partial charge in [0.15, 0.2) is 0 Å². The Morgan fingerprint density at radius 1 is 1.38 bits per heavy atom. The van der Waals surface area contributed by atoms with E-state index in [1.807, 2.05) is 0 Å². The maximum atomic E-state index is 12.7. The SMILES string of the molecule is FCCn1cc(Br)c(-c2ccc(F)cn2)n1. The van der Waals surface area contributed by atoms with Crippen molar-refractivity contribution in [1.29, 1.82) is 0 Å². The second kappa shape index (κ2) is 4.69. The number of aryl methyl sites for hydroxylation is 1. The van der Waals surface area contributed by atoms with Gasteiger partial charge < -0.3 is 0 Å². The summed E-state index contributed by atoms with van der Waals surface area (Å²) >= 11 is 3.30. The Bertz CT molecular complexity index is 481. The lowest BCUT2D eigenvalue weighted by atomic mass is 10.3. The summed E-state index contributed by atoms with van der Waals surface area (Å²) in [6.45, 7) is -0.287. The lowest BCUT2D eigenvalue weighted by molar-refractivity contribution is 0.427. The molecule has 0 saturated heterocycles. The number of halogens is 3. The van der Waals surface area contributed by atoms with Gasteiger partial charge >= 0.3 is 0 Å². The standard InChI is InChI=1S/C10H8BrF2N3/c11-8-6-16(4-3-12)15-10(8)9-2-1-7(13)5-14-9/h1-2,5-6H,3-4H2. The molecular formula is C10H8BrF2N3. The molecule has 0 aliphatic rings. The Morgan fingerprint density at radius 2 is 2.19 bits per heavy atom. The first kappa shape index (κ1) is 11.2. The molecule has 2 rings (SSSR count). The summed E-state index contributed by atoms with van der Waals surface area (Å²) < 4.78 is 27.0. The molecule has 3 nitrogen and oxygen atoms in total. The van der Waals surface area contributed by atoms with Crippen molar-refractivity contribution in [1.82, 2.24) is 14.8 Å². The molecule has 0 aliphatic heterocycles. The second-order valence-corrected chi connectivity index (χ2v) is 3.99. The molecule has 2 aromatic heterocycles. The van der Waals surface area contributed by atoms with Gasteiger partial charge in [-0.2, -0.15) is 5.10 Å². The number of aromatic nitrogens is 3. The molecule has 2 heterocycles. The third-order valence-corrected chi connectivity index (χ3v) is 2.58. The maximum Gasteiger partial charge on any atom is 0.141 e. The third-order valence-electron chi connectivity index (χ3n) is 2.00. The van der Waals surface area contributed by atoms with E-state index in [9.17, 15) is 8.78 Å². The molecule has 16 heavy (non-hydrogen) atoms. The minimum absolute atomic E-state index is 0.194. The predicted molar refractivity (Wildman–Crippen MR) is 59.1 cm³/mol. The predicted octanol–water partition coefficient (Wildman–Crippen LogP) is 2.82. The topological polar surface area (TPSA) is 30.7 Å². The van der Waals surface area contributed by atoms with E-state index < -0.39 is 12.5 Å². The number of hydrogen-bond donors (Lipinski definition) is 0. The monoisotopic (exact) mass is 287 g/mol. The van der Waals surface area contributed by atoms with Crippen LogP contribution in [0.3, 0.4) is 0 Å². The van der Waals surface area contributed by atoms with Gasteiger partial charge in [-0.25, -0.2) is 8.78 Å². The van der Waals surface area contributed by atoms with Crippen LogP contribution in [0.25, 0.3) is 11.4 Å².